The first-order valence-electron chi connectivity index (χ1n) is 43.0. The van der Waals surface area contributed by atoms with E-state index in [0.29, 0.717) is 197 Å². The van der Waals surface area contributed by atoms with Crippen LogP contribution in [-0.4, -0.2) is 180 Å². The molecule has 0 fully saturated rings. The van der Waals surface area contributed by atoms with Crippen LogP contribution in [0.1, 0.15) is 138 Å². The van der Waals surface area contributed by atoms with Crippen molar-refractivity contribution in [1.82, 2.24) is 128 Å². The van der Waals surface area contributed by atoms with E-state index < -0.39 is 5.95 Å². The van der Waals surface area contributed by atoms with Gasteiger partial charge in [0.05, 0.1) is 101 Å². The zero-order chi connectivity index (χ0) is 97.3. The number of pyridine rings is 8. The van der Waals surface area contributed by atoms with Crippen LogP contribution in [0.25, 0.3) is 45.6 Å². The monoisotopic (exact) mass is 1840 g/mol. The standard InChI is InChI=1S/C26H29FN8O2.C23H26N8O2.2C22H25N9O2/c1-7-19(36)16-13-29-21(32-20-9-8-17(23(27)33-20)26(2,3)4)12-18(16)31-25-22(37-6)15(10-11-28-25)24-30-14-35(5)34-24;1-6-19(32)16-12-24-20(27-21-10-14(2)31(4)28-21)11-18(16)26-17-9-7-8-15(22(17)33-5)23-25-13-30(3)29-23;2*1-6-17(32)15-11-24-18(27-19-9-13(2)31(4)28-19)10-16(15)26-22-20(33-5)14(7-8-23-22)21-25-12-30(3)29-21/h8-14H,7H2,1-6H3,(H2,28,29,31,32,33);7-13H,6H2,1-5H3,(H2,24,26,27,28);2*7-12H,6H2,1-5H3,(H2,23,24,26,27,28). The van der Waals surface area contributed by atoms with Gasteiger partial charge >= 0.3 is 0 Å². The van der Waals surface area contributed by atoms with Crippen LogP contribution in [0.3, 0.4) is 0 Å². The van der Waals surface area contributed by atoms with Crippen LogP contribution in [0, 0.1) is 26.7 Å². The minimum Gasteiger partial charge on any atom is -0.494 e. The quantitative estimate of drug-likeness (QED) is 0.0143. The van der Waals surface area contributed by atoms with Gasteiger partial charge in [-0.2, -0.15) is 40.1 Å². The van der Waals surface area contributed by atoms with Gasteiger partial charge in [-0.25, -0.2) is 59.8 Å². The third-order valence-corrected chi connectivity index (χ3v) is 21.1. The molecule has 0 aliphatic carbocycles. The lowest BCUT2D eigenvalue weighted by Gasteiger charge is -2.19. The number of carbonyl (C=O) groups is 4. The Morgan fingerprint density at radius 1 is 0.331 bits per heavy atom. The summed E-state index contributed by atoms with van der Waals surface area (Å²) >= 11 is 0. The van der Waals surface area contributed by atoms with Gasteiger partial charge in [0.2, 0.25) is 5.95 Å². The lowest BCUT2D eigenvalue weighted by molar-refractivity contribution is 0.0980. The van der Waals surface area contributed by atoms with Gasteiger partial charge in [0.1, 0.15) is 54.4 Å². The molecule has 15 heterocycles. The van der Waals surface area contributed by atoms with Crippen molar-refractivity contribution >= 4 is 116 Å². The molecule has 0 saturated carbocycles. The number of hydrogen-bond donors (Lipinski definition) is 8. The zero-order valence-corrected chi connectivity index (χ0v) is 79.1. The van der Waals surface area contributed by atoms with Crippen molar-refractivity contribution in [3.63, 3.8) is 0 Å². The third kappa shape index (κ3) is 22.9. The van der Waals surface area contributed by atoms with E-state index in [1.807, 2.05) is 113 Å². The molecule has 42 nitrogen and oxygen atoms in total. The van der Waals surface area contributed by atoms with Gasteiger partial charge in [0, 0.05) is 184 Å². The maximum absolute atomic E-state index is 14.6. The third-order valence-electron chi connectivity index (χ3n) is 21.1. The van der Waals surface area contributed by atoms with Crippen LogP contribution < -0.4 is 61.5 Å². The van der Waals surface area contributed by atoms with Crippen LogP contribution in [0.5, 0.6) is 23.0 Å². The van der Waals surface area contributed by atoms with Crippen molar-refractivity contribution in [3.8, 4) is 68.5 Å². The highest BCUT2D eigenvalue weighted by Crippen LogP contribution is 2.43. The predicted molar refractivity (Wildman–Crippen MR) is 514 cm³/mol. The van der Waals surface area contributed by atoms with Gasteiger partial charge in [-0.05, 0) is 62.6 Å². The smallest absolute Gasteiger partial charge is 0.218 e. The summed E-state index contributed by atoms with van der Waals surface area (Å²) in [5.41, 5.74) is 10.5. The molecule has 1 aromatic carbocycles. The van der Waals surface area contributed by atoms with Crippen molar-refractivity contribution < 1.29 is 42.5 Å². The summed E-state index contributed by atoms with van der Waals surface area (Å²) in [5.74, 6) is 8.65. The summed E-state index contributed by atoms with van der Waals surface area (Å²) in [7, 11) is 19.0. The first-order valence-corrected chi connectivity index (χ1v) is 43.0. The lowest BCUT2D eigenvalue weighted by atomic mass is 9.88. The Bertz CT molecular complexity index is 6480. The number of aromatic nitrogens is 26. The average Bonchev–Trinajstić information content (AvgIpc) is 0.822. The Balaban J connectivity index is 0.000000154. The van der Waals surface area contributed by atoms with Gasteiger partial charge in [-0.3, -0.25) is 52.0 Å². The Kier molecular flexibility index (Phi) is 30.3. The SMILES string of the molecule is CCC(=O)c1cnc(Nc2cc(C)n(C)n2)cc1Nc1cccc(-c2ncn(C)n2)c1OC.CCC(=O)c1cnc(Nc2cc(C)n(C)n2)cc1Nc1nccc(-c2ncn(C)n2)c1OC.CCC(=O)c1cnc(Nc2cc(C)n(C)n2)cc1Nc1nccc(-c2ncn(C)n2)c1OC.CCC(=O)c1cnc(Nc2ccc(C(C)(C)C)c(F)n2)cc1Nc1nccc(-c2ncn(C)n2)c1OC. The molecule has 0 spiro atoms. The Morgan fingerprint density at radius 3 is 0.882 bits per heavy atom. The van der Waals surface area contributed by atoms with Gasteiger partial charge < -0.3 is 61.5 Å². The van der Waals surface area contributed by atoms with Crippen molar-refractivity contribution in [3.05, 3.63) is 211 Å². The zero-order valence-electron chi connectivity index (χ0n) is 79.1. The maximum atomic E-state index is 14.6. The van der Waals surface area contributed by atoms with E-state index in [0.717, 1.165) is 22.6 Å². The van der Waals surface area contributed by atoms with Crippen molar-refractivity contribution in [1.29, 1.82) is 0 Å². The number of rotatable bonds is 32. The molecule has 0 atom stereocenters. The topological polar surface area (TPSA) is 481 Å². The molecule has 43 heteroatoms. The number of halogens is 1. The number of nitrogens with zero attached hydrogens (tertiary/aromatic N) is 26. The highest BCUT2D eigenvalue weighted by atomic mass is 19.1. The molecule has 8 N–H and O–H groups in total. The van der Waals surface area contributed by atoms with Crippen LogP contribution in [0.15, 0.2) is 160 Å². The summed E-state index contributed by atoms with van der Waals surface area (Å²) < 4.78 is 49.0. The first-order chi connectivity index (χ1) is 65.3. The van der Waals surface area contributed by atoms with Crippen molar-refractivity contribution in [2.45, 2.75) is 100 Å². The normalized spacial score (nSPS) is 11.0. The van der Waals surface area contributed by atoms with E-state index in [-0.39, 0.29) is 40.8 Å². The molecule has 15 aromatic heterocycles. The largest absolute Gasteiger partial charge is 0.494 e. The van der Waals surface area contributed by atoms with Gasteiger partial charge in [0.25, 0.3) is 0 Å². The Morgan fingerprint density at radius 2 is 0.625 bits per heavy atom. The summed E-state index contributed by atoms with van der Waals surface area (Å²) in [6, 6.07) is 27.0. The predicted octanol–water partition coefficient (Wildman–Crippen LogP) is 16.0. The number of nitrogens with one attached hydrogen (secondary N) is 8. The van der Waals surface area contributed by atoms with E-state index in [2.05, 4.69) is 138 Å². The van der Waals surface area contributed by atoms with Gasteiger partial charge in [-0.15, -0.1) is 0 Å². The van der Waals surface area contributed by atoms with E-state index in [1.54, 1.807) is 213 Å². The minimum absolute atomic E-state index is 0.0215. The van der Waals surface area contributed by atoms with Gasteiger partial charge in [0.15, 0.2) is 104 Å². The molecule has 0 bridgehead atoms. The molecule has 16 rings (SSSR count). The van der Waals surface area contributed by atoms with Crippen LogP contribution in [-0.2, 0) is 54.7 Å². The lowest BCUT2D eigenvalue weighted by Crippen LogP contribution is -2.15. The number of aryl methyl sites for hydroxylation is 10. The number of ketones is 4. The number of hydrogen-bond acceptors (Lipinski definition) is 35. The number of anilines is 16. The fourth-order valence-electron chi connectivity index (χ4n) is 13.8. The second-order valence-electron chi connectivity index (χ2n) is 31.8. The number of Topliss-reactive ketones (excluding diaryl/α,β-unsaturated/α-hetero) is 4. The maximum Gasteiger partial charge on any atom is 0.218 e. The van der Waals surface area contributed by atoms with Crippen LogP contribution in [0.2, 0.25) is 0 Å². The highest BCUT2D eigenvalue weighted by molar-refractivity contribution is 6.05. The fraction of sp³-hybridized carbons (Fsp3) is 0.280. The van der Waals surface area contributed by atoms with Crippen molar-refractivity contribution in [2.75, 3.05) is 71.0 Å². The molecule has 0 aliphatic rings. The minimum atomic E-state index is -0.553. The first kappa shape index (κ1) is 96.4. The Labute approximate surface area is 782 Å². The molecule has 0 radical (unpaired) electrons. The molecule has 702 valence electrons. The van der Waals surface area contributed by atoms with Gasteiger partial charge in [-0.1, -0.05) is 60.6 Å². The average molecular weight is 1850 g/mol. The second kappa shape index (κ2) is 42.8. The Hall–Kier alpha value is -17.2. The second-order valence-corrected chi connectivity index (χ2v) is 31.8. The number of ether oxygens (including phenoxy) is 4. The fourth-order valence-corrected chi connectivity index (χ4v) is 13.8. The van der Waals surface area contributed by atoms with Crippen molar-refractivity contribution in [2.24, 2.45) is 49.3 Å². The number of carbonyl (C=O) groups excluding carboxylic acids is 4. The number of methoxy groups -OCH3 is 4. The number of benzene rings is 1. The molecule has 136 heavy (non-hydrogen) atoms. The molecular formula is C93H105FN34O8. The van der Waals surface area contributed by atoms with E-state index in [4.69, 9.17) is 18.9 Å². The molecule has 0 saturated heterocycles. The summed E-state index contributed by atoms with van der Waals surface area (Å²) in [6.45, 7) is 18.9. The summed E-state index contributed by atoms with van der Waals surface area (Å²) in [6.07, 6.45) is 18.8. The van der Waals surface area contributed by atoms with E-state index in [1.165, 1.54) is 13.3 Å². The molecule has 16 aromatic rings. The highest BCUT2D eigenvalue weighted by Gasteiger charge is 2.27. The molecule has 0 unspecified atom stereocenters. The summed E-state index contributed by atoms with van der Waals surface area (Å²) in [4.78, 5) is 103. The molecule has 0 amide bonds. The molecular weight excluding hydrogens is 1740 g/mol. The van der Waals surface area contributed by atoms with E-state index >= 15 is 0 Å². The summed E-state index contributed by atoms with van der Waals surface area (Å²) in [5, 5.41) is 56.2. The molecule has 0 aliphatic heterocycles. The number of para-hydroxylation sites is 1. The van der Waals surface area contributed by atoms with Crippen LogP contribution >= 0.6 is 0 Å². The van der Waals surface area contributed by atoms with E-state index in [9.17, 15) is 23.6 Å². The van der Waals surface area contributed by atoms with Crippen LogP contribution in [0.4, 0.5) is 96.8 Å².